The Morgan fingerprint density at radius 1 is 0.667 bits per heavy atom. The van der Waals surface area contributed by atoms with Crippen LogP contribution in [0.1, 0.15) is 51.0 Å². The van der Waals surface area contributed by atoms with E-state index in [9.17, 15) is 5.11 Å². The predicted molar refractivity (Wildman–Crippen MR) is 112 cm³/mol. The Labute approximate surface area is 162 Å². The highest BCUT2D eigenvalue weighted by Crippen LogP contribution is 2.22. The lowest BCUT2D eigenvalue weighted by Crippen LogP contribution is -1.90. The Morgan fingerprint density at radius 2 is 1.26 bits per heavy atom. The number of hydrogen-bond acceptors (Lipinski definition) is 3. The smallest absolute Gasteiger partial charge is 0.159 e. The fraction of sp³-hybridized carbons (Fsp3) is 0.333. The summed E-state index contributed by atoms with van der Waals surface area (Å²) in [5, 5.41) is 9.38. The van der Waals surface area contributed by atoms with E-state index in [0.717, 1.165) is 23.1 Å². The van der Waals surface area contributed by atoms with Gasteiger partial charge in [0.05, 0.1) is 0 Å². The second kappa shape index (κ2) is 9.86. The molecule has 0 amide bonds. The van der Waals surface area contributed by atoms with E-state index in [0.29, 0.717) is 5.82 Å². The van der Waals surface area contributed by atoms with Crippen LogP contribution in [0.15, 0.2) is 60.9 Å². The van der Waals surface area contributed by atoms with Crippen molar-refractivity contribution in [3.05, 3.63) is 66.5 Å². The zero-order valence-corrected chi connectivity index (χ0v) is 16.1. The Kier molecular flexibility index (Phi) is 6.97. The van der Waals surface area contributed by atoms with Gasteiger partial charge in [-0.15, -0.1) is 0 Å². The SMILES string of the molecule is CCCCCCCCc1ccc(-c2cnc(-c3ccc(O)cc3)nc2)cc1. The van der Waals surface area contributed by atoms with Crippen molar-refractivity contribution in [2.45, 2.75) is 51.9 Å². The summed E-state index contributed by atoms with van der Waals surface area (Å²) in [6, 6.07) is 15.7. The number of phenolic OH excluding ortho intramolecular Hbond substituents is 1. The monoisotopic (exact) mass is 360 g/mol. The van der Waals surface area contributed by atoms with Crippen LogP contribution in [0.25, 0.3) is 22.5 Å². The molecule has 1 heterocycles. The Bertz CT molecular complexity index is 809. The molecule has 3 heteroatoms. The van der Waals surface area contributed by atoms with E-state index in [1.54, 1.807) is 12.1 Å². The minimum absolute atomic E-state index is 0.247. The summed E-state index contributed by atoms with van der Waals surface area (Å²) in [5.41, 5.74) is 4.45. The van der Waals surface area contributed by atoms with Crippen LogP contribution < -0.4 is 0 Å². The first-order valence-electron chi connectivity index (χ1n) is 9.97. The summed E-state index contributed by atoms with van der Waals surface area (Å²) >= 11 is 0. The normalized spacial score (nSPS) is 10.9. The number of rotatable bonds is 9. The van der Waals surface area contributed by atoms with E-state index < -0.39 is 0 Å². The molecule has 0 radical (unpaired) electrons. The Balaban J connectivity index is 1.56. The van der Waals surface area contributed by atoms with Crippen LogP contribution in [0.2, 0.25) is 0 Å². The van der Waals surface area contributed by atoms with Crippen LogP contribution in [0.3, 0.4) is 0 Å². The number of unbranched alkanes of at least 4 members (excludes halogenated alkanes) is 5. The first-order valence-corrected chi connectivity index (χ1v) is 9.97. The van der Waals surface area contributed by atoms with Gasteiger partial charge in [0.2, 0.25) is 0 Å². The van der Waals surface area contributed by atoms with E-state index in [1.807, 2.05) is 24.5 Å². The molecule has 27 heavy (non-hydrogen) atoms. The highest BCUT2D eigenvalue weighted by Gasteiger charge is 2.04. The first-order chi connectivity index (χ1) is 13.3. The Hall–Kier alpha value is -2.68. The number of aromatic hydroxyl groups is 1. The summed E-state index contributed by atoms with van der Waals surface area (Å²) in [6.07, 6.45) is 12.9. The molecule has 0 saturated heterocycles. The van der Waals surface area contributed by atoms with Crippen molar-refractivity contribution in [1.82, 2.24) is 9.97 Å². The lowest BCUT2D eigenvalue weighted by Gasteiger charge is -2.06. The van der Waals surface area contributed by atoms with Crippen molar-refractivity contribution in [2.24, 2.45) is 0 Å². The fourth-order valence-corrected chi connectivity index (χ4v) is 3.21. The van der Waals surface area contributed by atoms with Crippen LogP contribution in [0.5, 0.6) is 5.75 Å². The summed E-state index contributed by atoms with van der Waals surface area (Å²) < 4.78 is 0. The molecule has 2 aromatic carbocycles. The van der Waals surface area contributed by atoms with E-state index in [4.69, 9.17) is 0 Å². The molecule has 1 aromatic heterocycles. The van der Waals surface area contributed by atoms with Crippen molar-refractivity contribution in [3.63, 3.8) is 0 Å². The molecule has 1 N–H and O–H groups in total. The molecule has 0 spiro atoms. The number of aromatic nitrogens is 2. The maximum Gasteiger partial charge on any atom is 0.159 e. The van der Waals surface area contributed by atoms with E-state index >= 15 is 0 Å². The van der Waals surface area contributed by atoms with Gasteiger partial charge in [-0.05, 0) is 48.2 Å². The largest absolute Gasteiger partial charge is 0.508 e. The van der Waals surface area contributed by atoms with Crippen LogP contribution in [0.4, 0.5) is 0 Å². The number of aryl methyl sites for hydroxylation is 1. The first kappa shape index (κ1) is 19.1. The van der Waals surface area contributed by atoms with Crippen LogP contribution in [-0.2, 0) is 6.42 Å². The van der Waals surface area contributed by atoms with Gasteiger partial charge in [0.1, 0.15) is 5.75 Å². The maximum atomic E-state index is 9.38. The van der Waals surface area contributed by atoms with E-state index in [2.05, 4.69) is 41.2 Å². The van der Waals surface area contributed by atoms with E-state index in [-0.39, 0.29) is 5.75 Å². The van der Waals surface area contributed by atoms with Crippen LogP contribution in [0, 0.1) is 0 Å². The topological polar surface area (TPSA) is 46.0 Å². The fourth-order valence-electron chi connectivity index (χ4n) is 3.21. The highest BCUT2D eigenvalue weighted by atomic mass is 16.3. The van der Waals surface area contributed by atoms with Crippen molar-refractivity contribution < 1.29 is 5.11 Å². The number of benzene rings is 2. The second-order valence-electron chi connectivity index (χ2n) is 7.06. The number of phenols is 1. The third-order valence-electron chi connectivity index (χ3n) is 4.88. The van der Waals surface area contributed by atoms with Crippen molar-refractivity contribution in [2.75, 3.05) is 0 Å². The lowest BCUT2D eigenvalue weighted by atomic mass is 10.0. The maximum absolute atomic E-state index is 9.38. The molecule has 3 aromatic rings. The number of hydrogen-bond donors (Lipinski definition) is 1. The van der Waals surface area contributed by atoms with E-state index in [1.165, 1.54) is 44.1 Å². The predicted octanol–water partition coefficient (Wildman–Crippen LogP) is 6.42. The van der Waals surface area contributed by atoms with Crippen LogP contribution in [-0.4, -0.2) is 15.1 Å². The molecule has 0 bridgehead atoms. The molecule has 0 atom stereocenters. The average molecular weight is 361 g/mol. The van der Waals surface area contributed by atoms with Gasteiger partial charge in [0.15, 0.2) is 5.82 Å². The molecule has 0 aliphatic heterocycles. The average Bonchev–Trinajstić information content (AvgIpc) is 2.72. The van der Waals surface area contributed by atoms with Crippen molar-refractivity contribution >= 4 is 0 Å². The zero-order chi connectivity index (χ0) is 18.9. The van der Waals surface area contributed by atoms with Gasteiger partial charge in [-0.3, -0.25) is 0 Å². The van der Waals surface area contributed by atoms with Gasteiger partial charge in [-0.25, -0.2) is 9.97 Å². The summed E-state index contributed by atoms with van der Waals surface area (Å²) in [5.74, 6) is 0.912. The molecular weight excluding hydrogens is 332 g/mol. The minimum Gasteiger partial charge on any atom is -0.508 e. The zero-order valence-electron chi connectivity index (χ0n) is 16.1. The van der Waals surface area contributed by atoms with Gasteiger partial charge in [-0.1, -0.05) is 63.3 Å². The molecule has 0 saturated carbocycles. The summed E-state index contributed by atoms with van der Waals surface area (Å²) in [6.45, 7) is 2.26. The third kappa shape index (κ3) is 5.65. The van der Waals surface area contributed by atoms with Gasteiger partial charge in [0.25, 0.3) is 0 Å². The van der Waals surface area contributed by atoms with Gasteiger partial charge < -0.3 is 5.11 Å². The second-order valence-corrected chi connectivity index (χ2v) is 7.06. The van der Waals surface area contributed by atoms with Gasteiger partial charge in [-0.2, -0.15) is 0 Å². The molecule has 3 nitrogen and oxygen atoms in total. The molecule has 0 aliphatic rings. The Morgan fingerprint density at radius 3 is 1.93 bits per heavy atom. The lowest BCUT2D eigenvalue weighted by molar-refractivity contribution is 0.475. The molecule has 0 aliphatic carbocycles. The summed E-state index contributed by atoms with van der Waals surface area (Å²) in [7, 11) is 0. The van der Waals surface area contributed by atoms with Gasteiger partial charge in [0, 0.05) is 23.5 Å². The molecule has 140 valence electrons. The minimum atomic E-state index is 0.247. The quantitative estimate of drug-likeness (QED) is 0.448. The summed E-state index contributed by atoms with van der Waals surface area (Å²) in [4.78, 5) is 8.94. The third-order valence-corrected chi connectivity index (χ3v) is 4.88. The van der Waals surface area contributed by atoms with Crippen molar-refractivity contribution in [3.8, 4) is 28.3 Å². The van der Waals surface area contributed by atoms with Crippen LogP contribution >= 0.6 is 0 Å². The van der Waals surface area contributed by atoms with Crippen molar-refractivity contribution in [1.29, 1.82) is 0 Å². The number of nitrogens with zero attached hydrogens (tertiary/aromatic N) is 2. The highest BCUT2D eigenvalue weighted by molar-refractivity contribution is 5.64. The molecular formula is C24H28N2O. The molecule has 0 unspecified atom stereocenters. The molecule has 0 fully saturated rings. The standard InChI is InChI=1S/C24H28N2O/c1-2-3-4-5-6-7-8-19-9-11-20(12-10-19)22-17-25-24(26-18-22)21-13-15-23(27)16-14-21/h9-18,27H,2-8H2,1H3. The molecule has 3 rings (SSSR count). The van der Waals surface area contributed by atoms with Gasteiger partial charge >= 0.3 is 0 Å².